The second-order valence-electron chi connectivity index (χ2n) is 5.63. The van der Waals surface area contributed by atoms with Crippen LogP contribution in [0.2, 0.25) is 0 Å². The predicted molar refractivity (Wildman–Crippen MR) is 82.8 cm³/mol. The average Bonchev–Trinajstić information content (AvgIpc) is 2.94. The first-order chi connectivity index (χ1) is 9.95. The second-order valence-corrected chi connectivity index (χ2v) is 7.56. The van der Waals surface area contributed by atoms with Crippen molar-refractivity contribution in [2.75, 3.05) is 26.2 Å². The van der Waals surface area contributed by atoms with Crippen LogP contribution in [0, 0.1) is 13.8 Å². The van der Waals surface area contributed by atoms with E-state index in [-0.39, 0.29) is 19.2 Å². The van der Waals surface area contributed by atoms with Crippen LogP contribution in [0.1, 0.15) is 24.0 Å². The molecule has 1 saturated heterocycles. The minimum atomic E-state index is -3.56. The molecule has 2 rings (SSSR count). The number of aryl methyl sites for hydroxylation is 2. The minimum absolute atomic E-state index is 0.132. The summed E-state index contributed by atoms with van der Waals surface area (Å²) in [5.41, 5.74) is 2.03. The highest BCUT2D eigenvalue weighted by Gasteiger charge is 2.28. The van der Waals surface area contributed by atoms with E-state index >= 15 is 0 Å². The fourth-order valence-electron chi connectivity index (χ4n) is 2.60. The minimum Gasteiger partial charge on any atom is -0.395 e. The molecule has 1 aromatic rings. The summed E-state index contributed by atoms with van der Waals surface area (Å²) in [5, 5.41) is 12.5. The van der Waals surface area contributed by atoms with Crippen LogP contribution < -0.4 is 5.32 Å². The molecule has 0 spiro atoms. The smallest absolute Gasteiger partial charge is 0.243 e. The third-order valence-electron chi connectivity index (χ3n) is 4.05. The fourth-order valence-corrected chi connectivity index (χ4v) is 4.16. The quantitative estimate of drug-likeness (QED) is 0.823. The number of nitrogens with zero attached hydrogens (tertiary/aromatic N) is 1. The lowest BCUT2D eigenvalue weighted by atomic mass is 10.1. The van der Waals surface area contributed by atoms with Gasteiger partial charge in [0.2, 0.25) is 10.0 Å². The monoisotopic (exact) mass is 312 g/mol. The summed E-state index contributed by atoms with van der Waals surface area (Å²) in [6.45, 7) is 5.17. The van der Waals surface area contributed by atoms with Crippen molar-refractivity contribution >= 4 is 10.0 Å². The molecule has 0 radical (unpaired) electrons. The Kier molecular flexibility index (Phi) is 5.37. The van der Waals surface area contributed by atoms with Gasteiger partial charge in [0.25, 0.3) is 0 Å². The molecule has 1 unspecified atom stereocenters. The molecule has 21 heavy (non-hydrogen) atoms. The SMILES string of the molecule is Cc1ccc(S(=O)(=O)N(CCO)CC2CCCN2)cc1C. The van der Waals surface area contributed by atoms with Gasteiger partial charge in [0.15, 0.2) is 0 Å². The van der Waals surface area contributed by atoms with Crippen LogP contribution in [-0.2, 0) is 10.0 Å². The van der Waals surface area contributed by atoms with Gasteiger partial charge in [-0.05, 0) is 56.5 Å². The van der Waals surface area contributed by atoms with Crippen molar-refractivity contribution in [1.29, 1.82) is 0 Å². The van der Waals surface area contributed by atoms with E-state index in [1.54, 1.807) is 12.1 Å². The first-order valence-electron chi connectivity index (χ1n) is 7.37. The molecule has 1 fully saturated rings. The van der Waals surface area contributed by atoms with Crippen LogP contribution in [0.4, 0.5) is 0 Å². The number of nitrogens with one attached hydrogen (secondary N) is 1. The standard InChI is InChI=1S/C15H24N2O3S/c1-12-5-6-15(10-13(12)2)21(19,20)17(8-9-18)11-14-4-3-7-16-14/h5-6,10,14,16,18H,3-4,7-9,11H2,1-2H3. The summed E-state index contributed by atoms with van der Waals surface area (Å²) >= 11 is 0. The van der Waals surface area contributed by atoms with E-state index in [2.05, 4.69) is 5.32 Å². The lowest BCUT2D eigenvalue weighted by molar-refractivity contribution is 0.246. The normalized spacial score (nSPS) is 19.3. The molecule has 1 aliphatic rings. The summed E-state index contributed by atoms with van der Waals surface area (Å²) in [6.07, 6.45) is 2.05. The number of aliphatic hydroxyl groups is 1. The van der Waals surface area contributed by atoms with Gasteiger partial charge >= 0.3 is 0 Å². The maximum atomic E-state index is 12.8. The van der Waals surface area contributed by atoms with E-state index < -0.39 is 10.0 Å². The van der Waals surface area contributed by atoms with E-state index in [0.29, 0.717) is 11.4 Å². The van der Waals surface area contributed by atoms with Crippen molar-refractivity contribution < 1.29 is 13.5 Å². The highest BCUT2D eigenvalue weighted by atomic mass is 32.2. The molecule has 1 aromatic carbocycles. The summed E-state index contributed by atoms with van der Waals surface area (Å²) in [5.74, 6) is 0. The van der Waals surface area contributed by atoms with Crippen LogP contribution in [0.15, 0.2) is 23.1 Å². The Bertz CT molecular complexity index is 581. The Morgan fingerprint density at radius 3 is 2.67 bits per heavy atom. The van der Waals surface area contributed by atoms with Crippen molar-refractivity contribution in [2.24, 2.45) is 0 Å². The highest BCUT2D eigenvalue weighted by molar-refractivity contribution is 7.89. The Balaban J connectivity index is 2.25. The molecule has 1 aliphatic heterocycles. The molecular formula is C15H24N2O3S. The molecule has 0 saturated carbocycles. The van der Waals surface area contributed by atoms with E-state index in [1.807, 2.05) is 19.9 Å². The van der Waals surface area contributed by atoms with E-state index in [1.165, 1.54) is 4.31 Å². The van der Waals surface area contributed by atoms with Gasteiger partial charge in [0.05, 0.1) is 11.5 Å². The lowest BCUT2D eigenvalue weighted by Crippen LogP contribution is -2.42. The van der Waals surface area contributed by atoms with Crippen molar-refractivity contribution in [3.8, 4) is 0 Å². The van der Waals surface area contributed by atoms with Crippen molar-refractivity contribution in [3.63, 3.8) is 0 Å². The van der Waals surface area contributed by atoms with Crippen LogP contribution in [0.25, 0.3) is 0 Å². The van der Waals surface area contributed by atoms with Crippen molar-refractivity contribution in [1.82, 2.24) is 9.62 Å². The number of hydrogen-bond donors (Lipinski definition) is 2. The van der Waals surface area contributed by atoms with Gasteiger partial charge in [0.1, 0.15) is 0 Å². The van der Waals surface area contributed by atoms with Gasteiger partial charge in [0, 0.05) is 19.1 Å². The second kappa shape index (κ2) is 6.87. The first-order valence-corrected chi connectivity index (χ1v) is 8.81. The summed E-state index contributed by atoms with van der Waals surface area (Å²) in [4.78, 5) is 0.303. The maximum absolute atomic E-state index is 12.8. The number of rotatable bonds is 6. The van der Waals surface area contributed by atoms with E-state index in [9.17, 15) is 13.5 Å². The van der Waals surface area contributed by atoms with Gasteiger partial charge in [-0.2, -0.15) is 4.31 Å². The average molecular weight is 312 g/mol. The van der Waals surface area contributed by atoms with Crippen molar-refractivity contribution in [3.05, 3.63) is 29.3 Å². The number of aliphatic hydroxyl groups excluding tert-OH is 1. The molecule has 1 atom stereocenters. The predicted octanol–water partition coefficient (Wildman–Crippen LogP) is 1.04. The van der Waals surface area contributed by atoms with E-state index in [4.69, 9.17) is 0 Å². The largest absolute Gasteiger partial charge is 0.395 e. The molecule has 118 valence electrons. The topological polar surface area (TPSA) is 69.6 Å². The van der Waals surface area contributed by atoms with Gasteiger partial charge < -0.3 is 10.4 Å². The number of sulfonamides is 1. The first kappa shape index (κ1) is 16.4. The van der Waals surface area contributed by atoms with Gasteiger partial charge in [-0.25, -0.2) is 8.42 Å². The Labute approximate surface area is 127 Å². The van der Waals surface area contributed by atoms with Gasteiger partial charge in [-0.3, -0.25) is 0 Å². The van der Waals surface area contributed by atoms with E-state index in [0.717, 1.165) is 30.5 Å². The Hall–Kier alpha value is -0.950. The van der Waals surface area contributed by atoms with Gasteiger partial charge in [-0.1, -0.05) is 6.07 Å². The third-order valence-corrected chi connectivity index (χ3v) is 5.91. The maximum Gasteiger partial charge on any atom is 0.243 e. The molecule has 1 heterocycles. The molecule has 0 aliphatic carbocycles. The summed E-state index contributed by atoms with van der Waals surface area (Å²) in [7, 11) is -3.56. The summed E-state index contributed by atoms with van der Waals surface area (Å²) in [6, 6.07) is 5.35. The Morgan fingerprint density at radius 1 is 1.33 bits per heavy atom. The molecule has 6 heteroatoms. The zero-order chi connectivity index (χ0) is 15.5. The van der Waals surface area contributed by atoms with Crippen molar-refractivity contribution in [2.45, 2.75) is 37.6 Å². The zero-order valence-corrected chi connectivity index (χ0v) is 13.5. The van der Waals surface area contributed by atoms with Crippen LogP contribution in [0.3, 0.4) is 0 Å². The highest BCUT2D eigenvalue weighted by Crippen LogP contribution is 2.20. The number of benzene rings is 1. The van der Waals surface area contributed by atoms with Crippen LogP contribution in [-0.4, -0.2) is 50.1 Å². The molecule has 2 N–H and O–H groups in total. The molecular weight excluding hydrogens is 288 g/mol. The lowest BCUT2D eigenvalue weighted by Gasteiger charge is -2.24. The van der Waals surface area contributed by atoms with Crippen LogP contribution >= 0.6 is 0 Å². The fraction of sp³-hybridized carbons (Fsp3) is 0.600. The molecule has 5 nitrogen and oxygen atoms in total. The molecule has 0 bridgehead atoms. The molecule has 0 aromatic heterocycles. The summed E-state index contributed by atoms with van der Waals surface area (Å²) < 4.78 is 26.9. The van der Waals surface area contributed by atoms with Crippen LogP contribution in [0.5, 0.6) is 0 Å². The van der Waals surface area contributed by atoms with Gasteiger partial charge in [-0.15, -0.1) is 0 Å². The Morgan fingerprint density at radius 2 is 2.10 bits per heavy atom. The third kappa shape index (κ3) is 3.83. The number of hydrogen-bond acceptors (Lipinski definition) is 4. The molecule has 0 amide bonds. The zero-order valence-electron chi connectivity index (χ0n) is 12.7.